The van der Waals surface area contributed by atoms with Crippen LogP contribution in [0.25, 0.3) is 0 Å². The lowest BCUT2D eigenvalue weighted by Crippen LogP contribution is -2.63. The van der Waals surface area contributed by atoms with E-state index >= 15 is 0 Å². The number of ether oxygens (including phenoxy) is 2. The second kappa shape index (κ2) is 6.02. The van der Waals surface area contributed by atoms with Gasteiger partial charge in [-0.2, -0.15) is 8.78 Å². The Kier molecular flexibility index (Phi) is 4.80. The van der Waals surface area contributed by atoms with Crippen LogP contribution in [0.1, 0.15) is 39.5 Å². The molecule has 0 bridgehead atoms. The van der Waals surface area contributed by atoms with Crippen molar-refractivity contribution in [1.82, 2.24) is 4.90 Å². The molecule has 0 spiro atoms. The summed E-state index contributed by atoms with van der Waals surface area (Å²) in [6.45, 7) is 3.83. The van der Waals surface area contributed by atoms with E-state index in [-0.39, 0.29) is 32.5 Å². The summed E-state index contributed by atoms with van der Waals surface area (Å²) in [7, 11) is 1.49. The maximum absolute atomic E-state index is 14.5. The molecule has 2 aliphatic rings. The van der Waals surface area contributed by atoms with Crippen LogP contribution >= 0.6 is 0 Å². The molecule has 1 amide bonds. The van der Waals surface area contributed by atoms with Crippen LogP contribution < -0.4 is 0 Å². The third-order valence-electron chi connectivity index (χ3n) is 4.40. The van der Waals surface area contributed by atoms with Gasteiger partial charge in [-0.15, -0.1) is 0 Å². The van der Waals surface area contributed by atoms with E-state index in [1.165, 1.54) is 7.11 Å². The van der Waals surface area contributed by atoms with E-state index in [4.69, 9.17) is 9.47 Å². The normalized spacial score (nSPS) is 27.9. The SMILES string of the molecule is COC[C@@H]1CN(C(=O)C(F)(F)C2(O)CCCC2)CC(C)(C)O1. The van der Waals surface area contributed by atoms with E-state index < -0.39 is 29.1 Å². The largest absolute Gasteiger partial charge is 0.383 e. The van der Waals surface area contributed by atoms with Gasteiger partial charge in [0, 0.05) is 20.2 Å². The molecule has 1 aliphatic heterocycles. The number of halogens is 2. The third-order valence-corrected chi connectivity index (χ3v) is 4.40. The molecule has 7 heteroatoms. The molecular formula is C15H25F2NO4. The zero-order valence-electron chi connectivity index (χ0n) is 13.4. The quantitative estimate of drug-likeness (QED) is 0.854. The van der Waals surface area contributed by atoms with Crippen molar-refractivity contribution < 1.29 is 28.2 Å². The fraction of sp³-hybridized carbons (Fsp3) is 0.933. The number of carbonyl (C=O) groups is 1. The molecule has 1 N–H and O–H groups in total. The molecule has 0 aromatic rings. The fourth-order valence-electron chi connectivity index (χ4n) is 3.39. The van der Waals surface area contributed by atoms with E-state index in [1.807, 2.05) is 0 Å². The molecule has 0 unspecified atom stereocenters. The second-order valence-electron chi connectivity index (χ2n) is 6.95. The summed E-state index contributed by atoms with van der Waals surface area (Å²) >= 11 is 0. The van der Waals surface area contributed by atoms with Crippen LogP contribution in [0, 0.1) is 0 Å². The molecule has 1 atom stereocenters. The highest BCUT2D eigenvalue weighted by Gasteiger charge is 2.61. The first-order valence-electron chi connectivity index (χ1n) is 7.68. The van der Waals surface area contributed by atoms with E-state index in [9.17, 15) is 18.7 Å². The molecule has 1 heterocycles. The Labute approximate surface area is 129 Å². The van der Waals surface area contributed by atoms with Gasteiger partial charge in [-0.05, 0) is 26.7 Å². The van der Waals surface area contributed by atoms with Crippen LogP contribution in [0.5, 0.6) is 0 Å². The molecule has 0 aromatic heterocycles. The van der Waals surface area contributed by atoms with Crippen LogP contribution in [0.2, 0.25) is 0 Å². The lowest BCUT2D eigenvalue weighted by molar-refractivity contribution is -0.214. The van der Waals surface area contributed by atoms with Crippen LogP contribution in [0.3, 0.4) is 0 Å². The van der Waals surface area contributed by atoms with Crippen molar-refractivity contribution in [3.05, 3.63) is 0 Å². The van der Waals surface area contributed by atoms with Gasteiger partial charge in [-0.25, -0.2) is 0 Å². The van der Waals surface area contributed by atoms with Crippen LogP contribution in [-0.4, -0.2) is 65.9 Å². The molecule has 0 radical (unpaired) electrons. The van der Waals surface area contributed by atoms with Gasteiger partial charge in [0.2, 0.25) is 0 Å². The van der Waals surface area contributed by atoms with Gasteiger partial charge in [0.05, 0.1) is 18.3 Å². The van der Waals surface area contributed by atoms with Gasteiger partial charge in [0.15, 0.2) is 0 Å². The predicted molar refractivity (Wildman–Crippen MR) is 75.8 cm³/mol. The minimum absolute atomic E-state index is 0.0407. The van der Waals surface area contributed by atoms with Gasteiger partial charge >= 0.3 is 5.92 Å². The minimum Gasteiger partial charge on any atom is -0.383 e. The zero-order chi connectivity index (χ0) is 16.6. The highest BCUT2D eigenvalue weighted by molar-refractivity contribution is 5.85. The molecular weight excluding hydrogens is 296 g/mol. The third kappa shape index (κ3) is 3.26. The number of amides is 1. The molecule has 2 rings (SSSR count). The maximum atomic E-state index is 14.5. The van der Waals surface area contributed by atoms with Gasteiger partial charge < -0.3 is 19.5 Å². The van der Waals surface area contributed by atoms with E-state index in [2.05, 4.69) is 0 Å². The number of carbonyl (C=O) groups excluding carboxylic acids is 1. The molecule has 5 nitrogen and oxygen atoms in total. The summed E-state index contributed by atoms with van der Waals surface area (Å²) in [6.07, 6.45) is 0.495. The molecule has 0 aromatic carbocycles. The van der Waals surface area contributed by atoms with Crippen molar-refractivity contribution in [2.75, 3.05) is 26.8 Å². The first-order chi connectivity index (χ1) is 10.1. The molecule has 22 heavy (non-hydrogen) atoms. The first-order valence-corrected chi connectivity index (χ1v) is 7.68. The molecule has 128 valence electrons. The summed E-state index contributed by atoms with van der Waals surface area (Å²) in [4.78, 5) is 13.5. The highest BCUT2D eigenvalue weighted by Crippen LogP contribution is 2.43. The summed E-state index contributed by atoms with van der Waals surface area (Å²) in [6, 6.07) is 0. The Morgan fingerprint density at radius 2 is 2.00 bits per heavy atom. The number of rotatable bonds is 4. The van der Waals surface area contributed by atoms with Gasteiger partial charge in [-0.1, -0.05) is 12.8 Å². The van der Waals surface area contributed by atoms with Crippen molar-refractivity contribution in [3.8, 4) is 0 Å². The average Bonchev–Trinajstić information content (AvgIpc) is 2.85. The summed E-state index contributed by atoms with van der Waals surface area (Å²) in [5, 5.41) is 10.2. The van der Waals surface area contributed by atoms with Crippen molar-refractivity contribution in [2.24, 2.45) is 0 Å². The fourth-order valence-corrected chi connectivity index (χ4v) is 3.39. The Balaban J connectivity index is 2.16. The number of hydrogen-bond acceptors (Lipinski definition) is 4. The lowest BCUT2D eigenvalue weighted by atomic mass is 9.91. The number of morpholine rings is 1. The van der Waals surface area contributed by atoms with Crippen LogP contribution in [-0.2, 0) is 14.3 Å². The Morgan fingerprint density at radius 1 is 1.41 bits per heavy atom. The Bertz CT molecular complexity index is 422. The number of alkyl halides is 2. The topological polar surface area (TPSA) is 59.0 Å². The second-order valence-corrected chi connectivity index (χ2v) is 6.95. The smallest absolute Gasteiger partial charge is 0.352 e. The van der Waals surface area contributed by atoms with Crippen molar-refractivity contribution in [3.63, 3.8) is 0 Å². The van der Waals surface area contributed by atoms with E-state index in [0.29, 0.717) is 12.8 Å². The predicted octanol–water partition coefficient (Wildman–Crippen LogP) is 1.58. The van der Waals surface area contributed by atoms with Crippen molar-refractivity contribution in [1.29, 1.82) is 0 Å². The molecule has 2 fully saturated rings. The minimum atomic E-state index is -3.77. The Morgan fingerprint density at radius 3 is 2.55 bits per heavy atom. The number of hydrogen-bond donors (Lipinski definition) is 1. The average molecular weight is 321 g/mol. The van der Waals surface area contributed by atoms with Crippen LogP contribution in [0.4, 0.5) is 8.78 Å². The van der Waals surface area contributed by atoms with Crippen molar-refractivity contribution in [2.45, 2.75) is 62.8 Å². The van der Waals surface area contributed by atoms with E-state index in [0.717, 1.165) is 4.90 Å². The molecule has 1 aliphatic carbocycles. The van der Waals surface area contributed by atoms with Gasteiger partial charge in [0.25, 0.3) is 5.91 Å². The Hall–Kier alpha value is -0.790. The monoisotopic (exact) mass is 321 g/mol. The maximum Gasteiger partial charge on any atom is 0.352 e. The van der Waals surface area contributed by atoms with Crippen molar-refractivity contribution >= 4 is 5.91 Å². The molecule has 1 saturated carbocycles. The van der Waals surface area contributed by atoms with E-state index in [1.54, 1.807) is 13.8 Å². The standard InChI is InChI=1S/C15H25F2NO4/c1-13(2)10-18(8-11(22-13)9-21-3)12(19)15(16,17)14(20)6-4-5-7-14/h11,20H,4-10H2,1-3H3/t11-/m0/s1. The van der Waals surface area contributed by atoms with Crippen LogP contribution in [0.15, 0.2) is 0 Å². The lowest BCUT2D eigenvalue weighted by Gasteiger charge is -2.44. The number of methoxy groups -OCH3 is 1. The summed E-state index contributed by atoms with van der Waals surface area (Å²) in [5.74, 6) is -5.08. The zero-order valence-corrected chi connectivity index (χ0v) is 13.4. The highest BCUT2D eigenvalue weighted by atomic mass is 19.3. The molecule has 1 saturated heterocycles. The van der Waals surface area contributed by atoms with Gasteiger partial charge in [-0.3, -0.25) is 4.79 Å². The number of aliphatic hydroxyl groups is 1. The summed E-state index contributed by atoms with van der Waals surface area (Å²) in [5.41, 5.74) is -2.95. The summed E-state index contributed by atoms with van der Waals surface area (Å²) < 4.78 is 39.8. The number of nitrogens with zero attached hydrogens (tertiary/aromatic N) is 1. The van der Waals surface area contributed by atoms with Gasteiger partial charge in [0.1, 0.15) is 5.60 Å². The first kappa shape index (κ1) is 17.6.